The van der Waals surface area contributed by atoms with Crippen molar-refractivity contribution in [3.05, 3.63) is 35.9 Å². The van der Waals surface area contributed by atoms with Crippen LogP contribution in [0.15, 0.2) is 30.3 Å². The molecule has 1 aromatic rings. The van der Waals surface area contributed by atoms with E-state index in [9.17, 15) is 8.42 Å². The van der Waals surface area contributed by atoms with Crippen LogP contribution in [-0.4, -0.2) is 25.5 Å². The zero-order chi connectivity index (χ0) is 9.47. The van der Waals surface area contributed by atoms with Crippen LogP contribution in [0.5, 0.6) is 0 Å². The van der Waals surface area contributed by atoms with E-state index in [-0.39, 0.29) is 6.04 Å². The SMILES string of the molecule is CS(=O)(=O)N1CC1c1ccccc1. The third-order valence-electron chi connectivity index (χ3n) is 2.18. The summed E-state index contributed by atoms with van der Waals surface area (Å²) in [6, 6.07) is 9.76. The standard InChI is InChI=1S/C9H11NO2S/c1-13(11,12)10-7-9(10)8-5-3-2-4-6-8/h2-6,9H,7H2,1H3. The molecule has 3 nitrogen and oxygen atoms in total. The van der Waals surface area contributed by atoms with Gasteiger partial charge in [0.2, 0.25) is 10.0 Å². The smallest absolute Gasteiger partial charge is 0.211 e. The predicted octanol–water partition coefficient (Wildman–Crippen LogP) is 1.00. The van der Waals surface area contributed by atoms with Crippen LogP contribution in [0.3, 0.4) is 0 Å². The minimum Gasteiger partial charge on any atom is -0.212 e. The molecule has 0 aliphatic carbocycles. The molecule has 2 rings (SSSR count). The fourth-order valence-electron chi connectivity index (χ4n) is 1.44. The zero-order valence-corrected chi connectivity index (χ0v) is 8.16. The number of benzene rings is 1. The summed E-state index contributed by atoms with van der Waals surface area (Å²) in [4.78, 5) is 0. The summed E-state index contributed by atoms with van der Waals surface area (Å²) in [5.74, 6) is 0. The zero-order valence-electron chi connectivity index (χ0n) is 7.34. The van der Waals surface area contributed by atoms with Gasteiger partial charge in [0.05, 0.1) is 12.3 Å². The summed E-state index contributed by atoms with van der Waals surface area (Å²) >= 11 is 0. The molecule has 0 aromatic heterocycles. The summed E-state index contributed by atoms with van der Waals surface area (Å²) in [5, 5.41) is 0. The van der Waals surface area contributed by atoms with Gasteiger partial charge in [0, 0.05) is 6.54 Å². The molecule has 70 valence electrons. The van der Waals surface area contributed by atoms with Gasteiger partial charge >= 0.3 is 0 Å². The largest absolute Gasteiger partial charge is 0.212 e. The van der Waals surface area contributed by atoms with E-state index in [1.807, 2.05) is 30.3 Å². The molecule has 1 aliphatic rings. The molecule has 0 N–H and O–H groups in total. The summed E-state index contributed by atoms with van der Waals surface area (Å²) in [6.45, 7) is 0.628. The predicted molar refractivity (Wildman–Crippen MR) is 50.7 cm³/mol. The Balaban J connectivity index is 2.18. The first-order valence-corrected chi connectivity index (χ1v) is 5.95. The molecule has 2 atom stereocenters. The summed E-state index contributed by atoms with van der Waals surface area (Å²) in [6.07, 6.45) is 1.25. The Kier molecular flexibility index (Phi) is 1.89. The first-order valence-electron chi connectivity index (χ1n) is 4.11. The highest BCUT2D eigenvalue weighted by atomic mass is 32.2. The van der Waals surface area contributed by atoms with E-state index in [1.165, 1.54) is 10.6 Å². The maximum atomic E-state index is 11.1. The summed E-state index contributed by atoms with van der Waals surface area (Å²) in [7, 11) is -2.99. The van der Waals surface area contributed by atoms with Crippen LogP contribution in [-0.2, 0) is 10.0 Å². The van der Waals surface area contributed by atoms with Crippen LogP contribution in [0.1, 0.15) is 11.6 Å². The Bertz CT molecular complexity index is 399. The highest BCUT2D eigenvalue weighted by molar-refractivity contribution is 7.88. The van der Waals surface area contributed by atoms with Crippen molar-refractivity contribution >= 4 is 10.0 Å². The normalized spacial score (nSPS) is 27.2. The van der Waals surface area contributed by atoms with Gasteiger partial charge in [0.25, 0.3) is 0 Å². The van der Waals surface area contributed by atoms with Gasteiger partial charge in [-0.05, 0) is 5.56 Å². The van der Waals surface area contributed by atoms with Crippen LogP contribution in [0.2, 0.25) is 0 Å². The van der Waals surface area contributed by atoms with Crippen molar-refractivity contribution in [1.82, 2.24) is 4.31 Å². The van der Waals surface area contributed by atoms with E-state index >= 15 is 0 Å². The molecule has 4 heteroatoms. The van der Waals surface area contributed by atoms with Crippen molar-refractivity contribution in [3.63, 3.8) is 0 Å². The van der Waals surface area contributed by atoms with Crippen LogP contribution < -0.4 is 0 Å². The molecular formula is C9H11NO2S. The topological polar surface area (TPSA) is 37.1 Å². The fourth-order valence-corrected chi connectivity index (χ4v) is 2.43. The molecule has 0 spiro atoms. The Morgan fingerprint density at radius 1 is 1.31 bits per heavy atom. The molecule has 0 saturated carbocycles. The lowest BCUT2D eigenvalue weighted by Gasteiger charge is -1.99. The van der Waals surface area contributed by atoms with Crippen molar-refractivity contribution in [1.29, 1.82) is 0 Å². The second-order valence-electron chi connectivity index (χ2n) is 3.26. The van der Waals surface area contributed by atoms with Gasteiger partial charge < -0.3 is 0 Å². The quantitative estimate of drug-likeness (QED) is 0.663. The number of hydrogen-bond donors (Lipinski definition) is 0. The first-order chi connectivity index (χ1) is 6.09. The molecule has 0 amide bonds. The van der Waals surface area contributed by atoms with Gasteiger partial charge in [0.15, 0.2) is 0 Å². The van der Waals surface area contributed by atoms with E-state index < -0.39 is 10.0 Å². The molecule has 1 aromatic carbocycles. The Labute approximate surface area is 78.0 Å². The first kappa shape index (κ1) is 8.72. The Hall–Kier alpha value is -0.870. The Morgan fingerprint density at radius 3 is 2.38 bits per heavy atom. The molecule has 1 aliphatic heterocycles. The molecule has 2 unspecified atom stereocenters. The second-order valence-corrected chi connectivity index (χ2v) is 5.19. The number of rotatable bonds is 2. The van der Waals surface area contributed by atoms with E-state index in [4.69, 9.17) is 0 Å². The molecule has 1 saturated heterocycles. The van der Waals surface area contributed by atoms with Gasteiger partial charge in [-0.3, -0.25) is 0 Å². The second kappa shape index (κ2) is 2.82. The molecular weight excluding hydrogens is 186 g/mol. The molecule has 1 fully saturated rings. The number of nitrogens with zero attached hydrogens (tertiary/aromatic N) is 1. The monoisotopic (exact) mass is 197 g/mol. The highest BCUT2D eigenvalue weighted by Gasteiger charge is 2.42. The summed E-state index contributed by atoms with van der Waals surface area (Å²) in [5.41, 5.74) is 1.08. The average Bonchev–Trinajstić information content (AvgIpc) is 2.83. The lowest BCUT2D eigenvalue weighted by molar-refractivity contribution is 0.561. The van der Waals surface area contributed by atoms with Crippen LogP contribution in [0.25, 0.3) is 0 Å². The molecule has 0 bridgehead atoms. The lowest BCUT2D eigenvalue weighted by Crippen LogP contribution is -2.09. The summed E-state index contributed by atoms with van der Waals surface area (Å²) < 4.78 is 23.7. The van der Waals surface area contributed by atoms with Crippen LogP contribution in [0, 0.1) is 0 Å². The van der Waals surface area contributed by atoms with Gasteiger partial charge in [-0.2, -0.15) is 4.31 Å². The van der Waals surface area contributed by atoms with Crippen LogP contribution in [0.4, 0.5) is 0 Å². The van der Waals surface area contributed by atoms with Gasteiger partial charge in [-0.25, -0.2) is 8.42 Å². The maximum absolute atomic E-state index is 11.1. The van der Waals surface area contributed by atoms with Crippen molar-refractivity contribution in [2.45, 2.75) is 6.04 Å². The van der Waals surface area contributed by atoms with Crippen molar-refractivity contribution in [3.8, 4) is 0 Å². The van der Waals surface area contributed by atoms with E-state index in [2.05, 4.69) is 0 Å². The van der Waals surface area contributed by atoms with E-state index in [1.54, 1.807) is 0 Å². The number of hydrogen-bond acceptors (Lipinski definition) is 2. The highest BCUT2D eigenvalue weighted by Crippen LogP contribution is 2.36. The number of sulfonamides is 1. The third kappa shape index (κ3) is 1.73. The van der Waals surface area contributed by atoms with Crippen molar-refractivity contribution in [2.24, 2.45) is 0 Å². The minimum atomic E-state index is -2.99. The molecule has 0 radical (unpaired) electrons. The minimum absolute atomic E-state index is 0.0798. The van der Waals surface area contributed by atoms with Crippen molar-refractivity contribution in [2.75, 3.05) is 12.8 Å². The van der Waals surface area contributed by atoms with Gasteiger partial charge in [-0.15, -0.1) is 0 Å². The van der Waals surface area contributed by atoms with E-state index in [0.29, 0.717) is 6.54 Å². The van der Waals surface area contributed by atoms with Gasteiger partial charge in [-0.1, -0.05) is 30.3 Å². The van der Waals surface area contributed by atoms with E-state index in [0.717, 1.165) is 5.56 Å². The molecule has 13 heavy (non-hydrogen) atoms. The third-order valence-corrected chi connectivity index (χ3v) is 3.43. The lowest BCUT2D eigenvalue weighted by atomic mass is 10.2. The van der Waals surface area contributed by atoms with Gasteiger partial charge in [0.1, 0.15) is 0 Å². The average molecular weight is 197 g/mol. The fraction of sp³-hybridized carbons (Fsp3) is 0.333. The maximum Gasteiger partial charge on any atom is 0.211 e. The molecule has 1 heterocycles. The van der Waals surface area contributed by atoms with Crippen LogP contribution >= 0.6 is 0 Å². The Morgan fingerprint density at radius 2 is 1.92 bits per heavy atom. The van der Waals surface area contributed by atoms with Crippen molar-refractivity contribution < 1.29 is 8.42 Å².